The number of ether oxygens (including phenoxy) is 1. The Morgan fingerprint density at radius 3 is 2.44 bits per heavy atom. The molecule has 1 heterocycles. The molecule has 1 aliphatic rings. The van der Waals surface area contributed by atoms with E-state index in [0.29, 0.717) is 22.8 Å². The van der Waals surface area contributed by atoms with Gasteiger partial charge in [0.1, 0.15) is 5.75 Å². The maximum atomic E-state index is 12.8. The third kappa shape index (κ3) is 3.66. The minimum atomic E-state index is -3.43. The van der Waals surface area contributed by atoms with E-state index in [1.54, 1.807) is 44.2 Å². The minimum absolute atomic E-state index is 0.0393. The van der Waals surface area contributed by atoms with Crippen LogP contribution >= 0.6 is 0 Å². The highest BCUT2D eigenvalue weighted by Gasteiger charge is 2.33. The number of benzene rings is 2. The average Bonchev–Trinajstić information content (AvgIpc) is 2.63. The molecule has 0 saturated carbocycles. The molecule has 0 aromatic heterocycles. The molecule has 8 heteroatoms. The van der Waals surface area contributed by atoms with Crippen molar-refractivity contribution in [3.63, 3.8) is 0 Å². The summed E-state index contributed by atoms with van der Waals surface area (Å²) in [7, 11) is -3.43. The molecule has 1 N–H and O–H groups in total. The number of carbonyl (C=O) groups excluding carboxylic acids is 2. The van der Waals surface area contributed by atoms with Gasteiger partial charge in [-0.05, 0) is 49.4 Å². The van der Waals surface area contributed by atoms with E-state index in [1.807, 2.05) is 0 Å². The summed E-state index contributed by atoms with van der Waals surface area (Å²) in [6.07, 6.45) is -0.707. The summed E-state index contributed by atoms with van der Waals surface area (Å²) in [5.74, 6) is -0.106. The third-order valence-corrected chi connectivity index (χ3v) is 5.96. The number of fused-ring (bicyclic) bond motifs is 1. The summed E-state index contributed by atoms with van der Waals surface area (Å²) < 4.78 is 30.1. The molecular weight excluding hydrogens is 368 g/mol. The topological polar surface area (TPSA) is 92.8 Å². The number of nitrogens with zero attached hydrogens (tertiary/aromatic N) is 1. The number of amides is 2. The first-order valence-electron chi connectivity index (χ1n) is 8.48. The second kappa shape index (κ2) is 7.03. The molecule has 1 aliphatic heterocycles. The molecule has 142 valence electrons. The van der Waals surface area contributed by atoms with Crippen LogP contribution in [0, 0.1) is 0 Å². The standard InChI is InChI=1S/C19H20N2O5S/c1-4-27(24,25)16-9-10-18-17(11-16)21(19(23)12(2)26-18)15-7-5-14(6-8-15)20-13(3)22/h5-12H,4H2,1-3H3,(H,20,22). The van der Waals surface area contributed by atoms with Crippen LogP contribution in [0.5, 0.6) is 5.75 Å². The van der Waals surface area contributed by atoms with Crippen molar-refractivity contribution in [1.82, 2.24) is 0 Å². The number of hydrogen-bond acceptors (Lipinski definition) is 5. The normalized spacial score (nSPS) is 16.5. The van der Waals surface area contributed by atoms with Crippen LogP contribution in [0.1, 0.15) is 20.8 Å². The van der Waals surface area contributed by atoms with Crippen molar-refractivity contribution in [1.29, 1.82) is 0 Å². The Bertz CT molecular complexity index is 999. The van der Waals surface area contributed by atoms with Gasteiger partial charge in [-0.25, -0.2) is 8.42 Å². The maximum absolute atomic E-state index is 12.8. The van der Waals surface area contributed by atoms with Gasteiger partial charge >= 0.3 is 0 Å². The molecule has 0 aliphatic carbocycles. The summed E-state index contributed by atoms with van der Waals surface area (Å²) in [5.41, 5.74) is 1.53. The largest absolute Gasteiger partial charge is 0.479 e. The predicted molar refractivity (Wildman–Crippen MR) is 102 cm³/mol. The van der Waals surface area contributed by atoms with Gasteiger partial charge in [-0.1, -0.05) is 6.92 Å². The SMILES string of the molecule is CCS(=O)(=O)c1ccc2c(c1)N(c1ccc(NC(C)=O)cc1)C(=O)C(C)O2. The van der Waals surface area contributed by atoms with Crippen LogP contribution in [0.2, 0.25) is 0 Å². The van der Waals surface area contributed by atoms with Crippen molar-refractivity contribution >= 4 is 38.7 Å². The first-order chi connectivity index (χ1) is 12.7. The second-order valence-electron chi connectivity index (χ2n) is 6.19. The fraction of sp³-hybridized carbons (Fsp3) is 0.263. The van der Waals surface area contributed by atoms with Crippen LogP contribution in [-0.4, -0.2) is 32.1 Å². The van der Waals surface area contributed by atoms with E-state index >= 15 is 0 Å². The first kappa shape index (κ1) is 18.9. The number of nitrogens with one attached hydrogen (secondary N) is 1. The van der Waals surface area contributed by atoms with Gasteiger partial charge in [0, 0.05) is 18.3 Å². The third-order valence-electron chi connectivity index (χ3n) is 4.23. The Balaban J connectivity index is 2.09. The Kier molecular flexibility index (Phi) is 4.93. The van der Waals surface area contributed by atoms with Crippen molar-refractivity contribution in [2.75, 3.05) is 16.0 Å². The lowest BCUT2D eigenvalue weighted by Gasteiger charge is -2.33. The molecule has 2 aromatic carbocycles. The quantitative estimate of drug-likeness (QED) is 0.869. The fourth-order valence-electron chi connectivity index (χ4n) is 2.84. The predicted octanol–water partition coefficient (Wildman–Crippen LogP) is 2.88. The molecule has 27 heavy (non-hydrogen) atoms. The zero-order valence-electron chi connectivity index (χ0n) is 15.2. The summed E-state index contributed by atoms with van der Waals surface area (Å²) >= 11 is 0. The van der Waals surface area contributed by atoms with Gasteiger partial charge in [0.25, 0.3) is 5.91 Å². The van der Waals surface area contributed by atoms with E-state index in [9.17, 15) is 18.0 Å². The molecule has 0 saturated heterocycles. The Morgan fingerprint density at radius 1 is 1.19 bits per heavy atom. The first-order valence-corrected chi connectivity index (χ1v) is 10.1. The van der Waals surface area contributed by atoms with E-state index < -0.39 is 15.9 Å². The van der Waals surface area contributed by atoms with Crippen LogP contribution in [-0.2, 0) is 19.4 Å². The van der Waals surface area contributed by atoms with Crippen LogP contribution < -0.4 is 15.0 Å². The summed E-state index contributed by atoms with van der Waals surface area (Å²) in [6, 6.07) is 11.2. The molecule has 1 unspecified atom stereocenters. The average molecular weight is 388 g/mol. The Morgan fingerprint density at radius 2 is 1.85 bits per heavy atom. The molecule has 3 rings (SSSR count). The molecule has 0 bridgehead atoms. The van der Waals surface area contributed by atoms with E-state index in [4.69, 9.17) is 4.74 Å². The molecular formula is C19H20N2O5S. The highest BCUT2D eigenvalue weighted by molar-refractivity contribution is 7.91. The summed E-state index contributed by atoms with van der Waals surface area (Å²) in [5, 5.41) is 2.66. The van der Waals surface area contributed by atoms with Gasteiger partial charge in [-0.3, -0.25) is 14.5 Å². The van der Waals surface area contributed by atoms with E-state index in [1.165, 1.54) is 24.0 Å². The van der Waals surface area contributed by atoms with Gasteiger partial charge in [-0.15, -0.1) is 0 Å². The van der Waals surface area contributed by atoms with Crippen molar-refractivity contribution in [2.45, 2.75) is 31.8 Å². The molecule has 0 spiro atoms. The zero-order chi connectivity index (χ0) is 19.8. The Labute approximate surface area is 157 Å². The van der Waals surface area contributed by atoms with Crippen LogP contribution in [0.25, 0.3) is 0 Å². The van der Waals surface area contributed by atoms with Gasteiger partial charge < -0.3 is 10.1 Å². The zero-order valence-corrected chi connectivity index (χ0v) is 16.0. The second-order valence-corrected chi connectivity index (χ2v) is 8.47. The van der Waals surface area contributed by atoms with Crippen LogP contribution in [0.4, 0.5) is 17.1 Å². The fourth-order valence-corrected chi connectivity index (χ4v) is 3.74. The van der Waals surface area contributed by atoms with Gasteiger partial charge in [-0.2, -0.15) is 0 Å². The Hall–Kier alpha value is -2.87. The molecule has 0 fully saturated rings. The number of hydrogen-bond donors (Lipinski definition) is 1. The molecule has 2 amide bonds. The summed E-state index contributed by atoms with van der Waals surface area (Å²) in [6.45, 7) is 4.62. The maximum Gasteiger partial charge on any atom is 0.272 e. The van der Waals surface area contributed by atoms with Crippen LogP contribution in [0.15, 0.2) is 47.4 Å². The van der Waals surface area contributed by atoms with E-state index in [-0.39, 0.29) is 22.5 Å². The lowest BCUT2D eigenvalue weighted by Crippen LogP contribution is -2.41. The lowest BCUT2D eigenvalue weighted by molar-refractivity contribution is -0.124. The molecule has 0 radical (unpaired) electrons. The number of carbonyl (C=O) groups is 2. The van der Waals surface area contributed by atoms with Gasteiger partial charge in [0.15, 0.2) is 15.9 Å². The van der Waals surface area contributed by atoms with E-state index in [2.05, 4.69) is 5.32 Å². The smallest absolute Gasteiger partial charge is 0.272 e. The number of sulfone groups is 1. The summed E-state index contributed by atoms with van der Waals surface area (Å²) in [4.78, 5) is 25.5. The number of rotatable bonds is 4. The number of anilines is 3. The lowest BCUT2D eigenvalue weighted by atomic mass is 10.1. The highest BCUT2D eigenvalue weighted by atomic mass is 32.2. The minimum Gasteiger partial charge on any atom is -0.479 e. The highest BCUT2D eigenvalue weighted by Crippen LogP contribution is 2.40. The molecule has 7 nitrogen and oxygen atoms in total. The van der Waals surface area contributed by atoms with Crippen LogP contribution in [0.3, 0.4) is 0 Å². The van der Waals surface area contributed by atoms with Crippen molar-refractivity contribution < 1.29 is 22.7 Å². The molecule has 1 atom stereocenters. The molecule has 2 aromatic rings. The van der Waals surface area contributed by atoms with Crippen molar-refractivity contribution in [3.8, 4) is 5.75 Å². The van der Waals surface area contributed by atoms with Crippen molar-refractivity contribution in [3.05, 3.63) is 42.5 Å². The van der Waals surface area contributed by atoms with Crippen molar-refractivity contribution in [2.24, 2.45) is 0 Å². The van der Waals surface area contributed by atoms with Gasteiger partial charge in [0.05, 0.1) is 16.3 Å². The van der Waals surface area contributed by atoms with E-state index in [0.717, 1.165) is 0 Å². The monoisotopic (exact) mass is 388 g/mol. The van der Waals surface area contributed by atoms with Gasteiger partial charge in [0.2, 0.25) is 5.91 Å².